The van der Waals surface area contributed by atoms with Crippen LogP contribution in [0.15, 0.2) is 23.4 Å². The minimum atomic E-state index is 0.0173. The van der Waals surface area contributed by atoms with E-state index in [1.165, 1.54) is 0 Å². The van der Waals surface area contributed by atoms with Crippen LogP contribution in [0.5, 0.6) is 5.75 Å². The predicted molar refractivity (Wildman–Crippen MR) is 64.4 cm³/mol. The first-order valence-electron chi connectivity index (χ1n) is 4.72. The summed E-state index contributed by atoms with van der Waals surface area (Å²) in [5.41, 5.74) is 6.27. The zero-order valence-corrected chi connectivity index (χ0v) is 9.90. The van der Waals surface area contributed by atoms with Crippen molar-refractivity contribution in [1.82, 2.24) is 0 Å². The number of guanidine groups is 1. The highest BCUT2D eigenvalue weighted by Gasteiger charge is 2.11. The maximum absolute atomic E-state index is 8.63. The molecule has 0 atom stereocenters. The second kappa shape index (κ2) is 5.46. The maximum Gasteiger partial charge on any atom is 0.237 e. The third-order valence-corrected chi connectivity index (χ3v) is 2.44. The monoisotopic (exact) mass is 243 g/mol. The van der Waals surface area contributed by atoms with Gasteiger partial charge < -0.3 is 20.6 Å². The molecule has 0 heterocycles. The van der Waals surface area contributed by atoms with Crippen molar-refractivity contribution in [3.8, 4) is 5.75 Å². The minimum absolute atomic E-state index is 0.0173. The van der Waals surface area contributed by atoms with Crippen molar-refractivity contribution in [2.45, 2.75) is 6.92 Å². The van der Waals surface area contributed by atoms with E-state index in [2.05, 4.69) is 5.16 Å². The molecule has 0 aliphatic rings. The Morgan fingerprint density at radius 2 is 2.31 bits per heavy atom. The zero-order valence-electron chi connectivity index (χ0n) is 9.14. The van der Waals surface area contributed by atoms with Crippen LogP contribution in [-0.4, -0.2) is 24.8 Å². The first-order chi connectivity index (χ1) is 7.63. The molecule has 0 aromatic heterocycles. The summed E-state index contributed by atoms with van der Waals surface area (Å²) < 4.78 is 5.04. The number of hydrogen-bond acceptors (Lipinski definition) is 3. The number of rotatable bonds is 3. The van der Waals surface area contributed by atoms with Crippen LogP contribution in [0.3, 0.4) is 0 Å². The van der Waals surface area contributed by atoms with Crippen LogP contribution in [-0.2, 0) is 0 Å². The van der Waals surface area contributed by atoms with Gasteiger partial charge in [-0.05, 0) is 25.1 Å². The molecule has 0 aliphatic carbocycles. The molecule has 1 aromatic carbocycles. The Hall–Kier alpha value is -1.62. The Balaban J connectivity index is 3.08. The van der Waals surface area contributed by atoms with Gasteiger partial charge in [0.25, 0.3) is 0 Å². The number of hydrogen-bond donors (Lipinski definition) is 2. The van der Waals surface area contributed by atoms with Gasteiger partial charge in [-0.2, -0.15) is 0 Å². The summed E-state index contributed by atoms with van der Waals surface area (Å²) >= 11 is 5.98. The summed E-state index contributed by atoms with van der Waals surface area (Å²) in [6.07, 6.45) is 0. The topological polar surface area (TPSA) is 71.1 Å². The molecule has 0 bridgehead atoms. The van der Waals surface area contributed by atoms with Crippen molar-refractivity contribution in [1.29, 1.82) is 0 Å². The molecule has 0 saturated heterocycles. The molecule has 0 amide bonds. The van der Waals surface area contributed by atoms with E-state index in [1.54, 1.807) is 30.2 Å². The molecule has 6 heteroatoms. The largest absolute Gasteiger partial charge is 0.495 e. The van der Waals surface area contributed by atoms with Crippen LogP contribution in [0.4, 0.5) is 5.69 Å². The van der Waals surface area contributed by atoms with Crippen LogP contribution >= 0.6 is 11.6 Å². The number of anilines is 1. The standard InChI is InChI=1S/C10H14ClN3O2/c1-3-14(10(12)13-15)7-4-5-9(16-2)8(11)6-7/h4-6,15H,3H2,1-2H3,(H2,12,13). The third-order valence-electron chi connectivity index (χ3n) is 2.14. The van der Waals surface area contributed by atoms with E-state index in [1.807, 2.05) is 6.92 Å². The number of nitrogens with two attached hydrogens (primary N) is 1. The molecule has 1 rings (SSSR count). The second-order valence-electron chi connectivity index (χ2n) is 3.02. The van der Waals surface area contributed by atoms with Gasteiger partial charge in [-0.25, -0.2) is 0 Å². The number of halogens is 1. The maximum atomic E-state index is 8.63. The molecule has 0 unspecified atom stereocenters. The van der Waals surface area contributed by atoms with Crippen LogP contribution in [0.1, 0.15) is 6.92 Å². The van der Waals surface area contributed by atoms with Gasteiger partial charge in [0.15, 0.2) is 0 Å². The van der Waals surface area contributed by atoms with Crippen LogP contribution < -0.4 is 15.4 Å². The summed E-state index contributed by atoms with van der Waals surface area (Å²) in [7, 11) is 1.54. The van der Waals surface area contributed by atoms with Gasteiger partial charge in [-0.15, -0.1) is 0 Å². The fourth-order valence-corrected chi connectivity index (χ4v) is 1.61. The highest BCUT2D eigenvalue weighted by Crippen LogP contribution is 2.28. The van der Waals surface area contributed by atoms with Crippen molar-refractivity contribution in [2.24, 2.45) is 10.9 Å². The SMILES string of the molecule is CCN(/C(N)=N/O)c1ccc(OC)c(Cl)c1. The minimum Gasteiger partial charge on any atom is -0.495 e. The molecular weight excluding hydrogens is 230 g/mol. The van der Waals surface area contributed by atoms with Gasteiger partial charge in [0.2, 0.25) is 5.96 Å². The number of ether oxygens (including phenoxy) is 1. The Bertz CT molecular complexity index is 396. The molecule has 3 N–H and O–H groups in total. The Morgan fingerprint density at radius 1 is 1.62 bits per heavy atom. The fourth-order valence-electron chi connectivity index (χ4n) is 1.35. The number of methoxy groups -OCH3 is 1. The molecule has 88 valence electrons. The van der Waals surface area contributed by atoms with Gasteiger partial charge in [0.1, 0.15) is 5.75 Å². The average molecular weight is 244 g/mol. The van der Waals surface area contributed by atoms with E-state index in [4.69, 9.17) is 27.3 Å². The predicted octanol–water partition coefficient (Wildman–Crippen LogP) is 1.88. The summed E-state index contributed by atoms with van der Waals surface area (Å²) in [6.45, 7) is 2.45. The van der Waals surface area contributed by atoms with Crippen molar-refractivity contribution in [3.05, 3.63) is 23.2 Å². The van der Waals surface area contributed by atoms with Crippen molar-refractivity contribution in [3.63, 3.8) is 0 Å². The van der Waals surface area contributed by atoms with Crippen molar-refractivity contribution < 1.29 is 9.94 Å². The van der Waals surface area contributed by atoms with E-state index in [-0.39, 0.29) is 5.96 Å². The first kappa shape index (κ1) is 12.4. The molecule has 0 radical (unpaired) electrons. The van der Waals surface area contributed by atoms with Crippen LogP contribution in [0.2, 0.25) is 5.02 Å². The summed E-state index contributed by atoms with van der Waals surface area (Å²) in [6, 6.07) is 5.21. The molecule has 16 heavy (non-hydrogen) atoms. The summed E-state index contributed by atoms with van der Waals surface area (Å²) in [5.74, 6) is 0.602. The molecule has 0 spiro atoms. The molecule has 0 aliphatic heterocycles. The second-order valence-corrected chi connectivity index (χ2v) is 3.43. The van der Waals surface area contributed by atoms with Gasteiger partial charge >= 0.3 is 0 Å². The smallest absolute Gasteiger partial charge is 0.237 e. The van der Waals surface area contributed by atoms with Gasteiger partial charge in [0, 0.05) is 12.2 Å². The average Bonchev–Trinajstić information content (AvgIpc) is 2.30. The lowest BCUT2D eigenvalue weighted by Crippen LogP contribution is -2.37. The summed E-state index contributed by atoms with van der Waals surface area (Å²) in [4.78, 5) is 1.62. The normalized spacial score (nSPS) is 11.3. The zero-order chi connectivity index (χ0) is 12.1. The molecule has 0 saturated carbocycles. The number of benzene rings is 1. The third kappa shape index (κ3) is 2.49. The fraction of sp³-hybridized carbons (Fsp3) is 0.300. The summed E-state index contributed by atoms with van der Waals surface area (Å²) in [5, 5.41) is 12.1. The van der Waals surface area contributed by atoms with E-state index in [0.29, 0.717) is 17.3 Å². The van der Waals surface area contributed by atoms with E-state index >= 15 is 0 Å². The lowest BCUT2D eigenvalue weighted by atomic mass is 10.2. The first-order valence-corrected chi connectivity index (χ1v) is 5.10. The molecule has 5 nitrogen and oxygen atoms in total. The number of oxime groups is 1. The van der Waals surface area contributed by atoms with Crippen LogP contribution in [0, 0.1) is 0 Å². The molecule has 1 aromatic rings. The highest BCUT2D eigenvalue weighted by atomic mass is 35.5. The lowest BCUT2D eigenvalue weighted by molar-refractivity contribution is 0.317. The Kier molecular flexibility index (Phi) is 4.25. The van der Waals surface area contributed by atoms with Gasteiger partial charge in [-0.1, -0.05) is 16.8 Å². The highest BCUT2D eigenvalue weighted by molar-refractivity contribution is 6.32. The van der Waals surface area contributed by atoms with E-state index in [9.17, 15) is 0 Å². The quantitative estimate of drug-likeness (QED) is 0.368. The van der Waals surface area contributed by atoms with Crippen molar-refractivity contribution in [2.75, 3.05) is 18.6 Å². The Labute approximate surface area is 99.1 Å². The molecule has 0 fully saturated rings. The van der Waals surface area contributed by atoms with Gasteiger partial charge in [-0.3, -0.25) is 0 Å². The van der Waals surface area contributed by atoms with E-state index in [0.717, 1.165) is 5.69 Å². The van der Waals surface area contributed by atoms with E-state index < -0.39 is 0 Å². The lowest BCUT2D eigenvalue weighted by Gasteiger charge is -2.21. The molecular formula is C10H14ClN3O2. The van der Waals surface area contributed by atoms with Gasteiger partial charge in [0.05, 0.1) is 12.1 Å². The Morgan fingerprint density at radius 3 is 2.75 bits per heavy atom. The number of nitrogens with zero attached hydrogens (tertiary/aromatic N) is 2. The van der Waals surface area contributed by atoms with Crippen molar-refractivity contribution >= 4 is 23.2 Å². The van der Waals surface area contributed by atoms with Crippen LogP contribution in [0.25, 0.3) is 0 Å².